The molecule has 5 aliphatic rings. The number of aliphatic hydroxyl groups is 2. The number of carbonyl (C=O) groups excluding carboxylic acids is 2. The van der Waals surface area contributed by atoms with E-state index in [4.69, 9.17) is 9.57 Å². The van der Waals surface area contributed by atoms with Crippen LogP contribution in [0.4, 0.5) is 5.69 Å². The average Bonchev–Trinajstić information content (AvgIpc) is 3.88. The average molecular weight is 790 g/mol. The molecule has 1 saturated heterocycles. The number of hydroxylamine groups is 2. The van der Waals surface area contributed by atoms with Crippen LogP contribution in [0.2, 0.25) is 0 Å². The summed E-state index contributed by atoms with van der Waals surface area (Å²) in [7, 11) is 8.00. The summed E-state index contributed by atoms with van der Waals surface area (Å²) in [4.78, 5) is 39.0. The van der Waals surface area contributed by atoms with Crippen molar-refractivity contribution >= 4 is 17.5 Å². The van der Waals surface area contributed by atoms with Gasteiger partial charge in [-0.15, -0.1) is 0 Å². The molecule has 11 heteroatoms. The van der Waals surface area contributed by atoms with E-state index >= 15 is 0 Å². The van der Waals surface area contributed by atoms with Crippen LogP contribution in [0.25, 0.3) is 11.1 Å². The smallest absolute Gasteiger partial charge is 0.251 e. The summed E-state index contributed by atoms with van der Waals surface area (Å²) >= 11 is 0. The van der Waals surface area contributed by atoms with Crippen LogP contribution < -0.4 is 20.3 Å². The number of likely N-dealkylation sites (N-methyl/N-ethyl adjacent to an activating group) is 1. The number of anilines is 1. The number of amides is 2. The zero-order valence-electron chi connectivity index (χ0n) is 36.5. The third kappa shape index (κ3) is 9.81. The van der Waals surface area contributed by atoms with Gasteiger partial charge in [-0.3, -0.25) is 14.4 Å². The predicted molar refractivity (Wildman–Crippen MR) is 226 cm³/mol. The van der Waals surface area contributed by atoms with Crippen LogP contribution >= 0.6 is 0 Å². The van der Waals surface area contributed by atoms with Crippen molar-refractivity contribution in [3.05, 3.63) is 47.5 Å². The molecule has 9 atom stereocenters. The summed E-state index contributed by atoms with van der Waals surface area (Å²) in [6.07, 6.45) is 3.57. The molecule has 1 aliphatic heterocycles. The third-order valence-corrected chi connectivity index (χ3v) is 13.4. The van der Waals surface area contributed by atoms with Crippen molar-refractivity contribution in [1.82, 2.24) is 20.6 Å². The van der Waals surface area contributed by atoms with Gasteiger partial charge < -0.3 is 35.4 Å². The second kappa shape index (κ2) is 17.2. The summed E-state index contributed by atoms with van der Waals surface area (Å²) in [5.74, 6) is 1.69. The van der Waals surface area contributed by atoms with Gasteiger partial charge in [-0.25, -0.2) is 0 Å². The summed E-state index contributed by atoms with van der Waals surface area (Å²) in [6, 6.07) is 11.1. The Hall–Kier alpha value is -3.22. The number of aliphatic hydroxyl groups excluding tert-OH is 2. The Morgan fingerprint density at radius 1 is 1.09 bits per heavy atom. The molecule has 2 amide bonds. The van der Waals surface area contributed by atoms with Crippen molar-refractivity contribution < 1.29 is 29.4 Å². The molecule has 11 nitrogen and oxygen atoms in total. The van der Waals surface area contributed by atoms with Crippen molar-refractivity contribution in [3.63, 3.8) is 0 Å². The van der Waals surface area contributed by atoms with Gasteiger partial charge in [-0.1, -0.05) is 59.7 Å². The van der Waals surface area contributed by atoms with E-state index in [-0.39, 0.29) is 47.9 Å². The van der Waals surface area contributed by atoms with Crippen LogP contribution in [0.15, 0.2) is 36.4 Å². The highest BCUT2D eigenvalue weighted by Crippen LogP contribution is 2.61. The van der Waals surface area contributed by atoms with Crippen molar-refractivity contribution in [2.75, 3.05) is 52.8 Å². The molecule has 0 aromatic heterocycles. The number of hydrogen-bond acceptors (Lipinski definition) is 9. The molecule has 57 heavy (non-hydrogen) atoms. The Balaban J connectivity index is 1.33. The molecule has 4 saturated carbocycles. The fourth-order valence-corrected chi connectivity index (χ4v) is 10.0. The number of benzene rings is 2. The van der Waals surface area contributed by atoms with E-state index < -0.39 is 24.2 Å². The molecule has 2 bridgehead atoms. The van der Waals surface area contributed by atoms with Gasteiger partial charge in [0.1, 0.15) is 17.9 Å². The summed E-state index contributed by atoms with van der Waals surface area (Å²) in [5, 5.41) is 29.9. The fourth-order valence-electron chi connectivity index (χ4n) is 10.0. The van der Waals surface area contributed by atoms with Gasteiger partial charge in [0.15, 0.2) is 0 Å². The molecule has 0 radical (unpaired) electrons. The summed E-state index contributed by atoms with van der Waals surface area (Å²) in [6.45, 7) is 16.4. The lowest BCUT2D eigenvalue weighted by molar-refractivity contribution is -0.183. The maximum absolute atomic E-state index is 14.4. The molecule has 7 rings (SSSR count). The third-order valence-electron chi connectivity index (χ3n) is 13.4. The minimum absolute atomic E-state index is 0.0302. The van der Waals surface area contributed by atoms with Crippen molar-refractivity contribution in [1.29, 1.82) is 0 Å². The monoisotopic (exact) mass is 790 g/mol. The summed E-state index contributed by atoms with van der Waals surface area (Å²) in [5.41, 5.74) is 4.28. The minimum atomic E-state index is -0.894. The Labute approximate surface area is 341 Å². The molecule has 4 aliphatic carbocycles. The number of rotatable bonds is 16. The van der Waals surface area contributed by atoms with E-state index in [9.17, 15) is 19.8 Å². The van der Waals surface area contributed by atoms with Crippen molar-refractivity contribution in [2.45, 2.75) is 117 Å². The highest BCUT2D eigenvalue weighted by atomic mass is 16.7. The van der Waals surface area contributed by atoms with Gasteiger partial charge >= 0.3 is 0 Å². The Morgan fingerprint density at radius 3 is 2.39 bits per heavy atom. The highest BCUT2D eigenvalue weighted by molar-refractivity contribution is 5.97. The van der Waals surface area contributed by atoms with Crippen LogP contribution in [0.5, 0.6) is 5.75 Å². The van der Waals surface area contributed by atoms with Crippen LogP contribution in [0, 0.1) is 40.4 Å². The normalized spacial score (nSPS) is 28.1. The van der Waals surface area contributed by atoms with Gasteiger partial charge in [0.25, 0.3) is 5.91 Å². The fraction of sp³-hybridized carbons (Fsp3) is 0.696. The zero-order valence-corrected chi connectivity index (χ0v) is 36.5. The molecule has 2 aromatic rings. The molecule has 0 unspecified atom stereocenters. The van der Waals surface area contributed by atoms with Gasteiger partial charge in [0.2, 0.25) is 5.91 Å². The number of carbonyl (C=O) groups is 2. The molecular weight excluding hydrogens is 719 g/mol. The summed E-state index contributed by atoms with van der Waals surface area (Å²) < 4.78 is 6.71. The lowest BCUT2D eigenvalue weighted by atomic mass is 9.45. The van der Waals surface area contributed by atoms with E-state index in [1.807, 2.05) is 63.4 Å². The minimum Gasteiger partial charge on any atom is -0.492 e. The Bertz CT molecular complexity index is 1730. The first kappa shape index (κ1) is 43.4. The first-order valence-corrected chi connectivity index (χ1v) is 21.3. The predicted octanol–water partition coefficient (Wildman–Crippen LogP) is 5.97. The SMILES string of the molecule is C[C@@H]1[C@@H](NC(=O)[C@@H]2[C@H]([C@H](C)O)[C@H](CO)ON2Cc2cccc(-c3cc(C(=O)N[C@H](CN(C)C)CC(C)(C)C)cc(N(C)C)c3)c2OCC2CC2)C[C@@H]2C[C@H]1C2(C)C. The molecule has 316 valence electrons. The first-order valence-electron chi connectivity index (χ1n) is 21.3. The highest BCUT2D eigenvalue weighted by Gasteiger charge is 2.57. The lowest BCUT2D eigenvalue weighted by Crippen LogP contribution is -2.62. The van der Waals surface area contributed by atoms with E-state index in [1.54, 1.807) is 12.0 Å². The molecule has 0 spiro atoms. The Morgan fingerprint density at radius 2 is 1.81 bits per heavy atom. The maximum Gasteiger partial charge on any atom is 0.251 e. The quantitative estimate of drug-likeness (QED) is 0.163. The van der Waals surface area contributed by atoms with Crippen molar-refractivity contribution in [3.8, 4) is 16.9 Å². The molecule has 4 N–H and O–H groups in total. The van der Waals surface area contributed by atoms with Gasteiger partial charge in [0.05, 0.1) is 25.9 Å². The van der Waals surface area contributed by atoms with Crippen LogP contribution in [-0.2, 0) is 16.2 Å². The first-order chi connectivity index (χ1) is 26.8. The molecule has 2 aromatic carbocycles. The molecular formula is C46H71N5O6. The van der Waals surface area contributed by atoms with Crippen LogP contribution in [-0.4, -0.2) is 110 Å². The Kier molecular flexibility index (Phi) is 13.1. The largest absolute Gasteiger partial charge is 0.492 e. The number of nitrogens with zero attached hydrogens (tertiary/aromatic N) is 3. The number of nitrogens with one attached hydrogen (secondary N) is 2. The van der Waals surface area contributed by atoms with Gasteiger partial charge in [-0.05, 0) is 111 Å². The lowest BCUT2D eigenvalue weighted by Gasteiger charge is -2.62. The maximum atomic E-state index is 14.4. The van der Waals surface area contributed by atoms with Gasteiger partial charge in [-0.2, -0.15) is 5.06 Å². The van der Waals surface area contributed by atoms with Crippen LogP contribution in [0.3, 0.4) is 0 Å². The van der Waals surface area contributed by atoms with Gasteiger partial charge in [0, 0.05) is 61.0 Å². The number of fused-ring (bicyclic) bond motifs is 2. The van der Waals surface area contributed by atoms with E-state index in [2.05, 4.69) is 63.1 Å². The zero-order chi connectivity index (χ0) is 41.6. The second-order valence-corrected chi connectivity index (χ2v) is 20.1. The second-order valence-electron chi connectivity index (χ2n) is 20.1. The molecule has 5 fully saturated rings. The van der Waals surface area contributed by atoms with E-state index in [1.165, 1.54) is 6.42 Å². The molecule has 1 heterocycles. The number of hydrogen-bond donors (Lipinski definition) is 4. The van der Waals surface area contributed by atoms with Crippen molar-refractivity contribution in [2.24, 2.45) is 40.4 Å². The number of ether oxygens (including phenoxy) is 1. The van der Waals surface area contributed by atoms with Crippen LogP contribution in [0.1, 0.15) is 96.5 Å². The van der Waals surface area contributed by atoms with E-state index in [0.29, 0.717) is 41.6 Å². The number of para-hydroxylation sites is 1. The topological polar surface area (TPSA) is 127 Å². The van der Waals surface area contributed by atoms with E-state index in [0.717, 1.165) is 54.6 Å². The standard InChI is InChI=1S/C46H71N5O6/c1-27-37-20-33(46(37,6)7)21-38(27)48-44(55)41-40(28(2)53)39(25-52)57-51(41)23-30-13-12-14-36(42(30)56-26-29-15-16-29)31-17-32(19-35(18-31)50(10)11)43(54)47-34(24-49(8)9)22-45(3,4)5/h12-14,17-19,27-29,33-34,37-41,52-53H,15-16,20-26H2,1-11H3,(H,47,54)(H,48,55)/t27-,28-,33-,34-,37+,38-,39-,40+,41-/m0/s1.